The molecule has 2 aromatic rings. The third-order valence-electron chi connectivity index (χ3n) is 2.19. The van der Waals surface area contributed by atoms with Gasteiger partial charge in [-0.15, -0.1) is 0 Å². The highest BCUT2D eigenvalue weighted by Crippen LogP contribution is 2.19. The Kier molecular flexibility index (Phi) is 2.76. The van der Waals surface area contributed by atoms with Crippen molar-refractivity contribution < 1.29 is 12.9 Å². The van der Waals surface area contributed by atoms with Gasteiger partial charge < -0.3 is 10.3 Å². The van der Waals surface area contributed by atoms with Crippen molar-refractivity contribution in [3.63, 3.8) is 0 Å². The van der Waals surface area contributed by atoms with Crippen molar-refractivity contribution in [2.45, 2.75) is 11.8 Å². The smallest absolute Gasteiger partial charge is 0.262 e. The zero-order valence-electron chi connectivity index (χ0n) is 9.04. The first-order valence-electron chi connectivity index (χ1n) is 4.79. The first-order chi connectivity index (χ1) is 7.99. The molecule has 0 amide bonds. The summed E-state index contributed by atoms with van der Waals surface area (Å²) in [5.41, 5.74) is 6.32. The molecular weight excluding hydrogens is 242 g/mol. The first-order valence-corrected chi connectivity index (χ1v) is 6.27. The Labute approximate surface area is 98.5 Å². The van der Waals surface area contributed by atoms with Gasteiger partial charge in [-0.1, -0.05) is 5.16 Å². The molecule has 90 valence electrons. The van der Waals surface area contributed by atoms with E-state index < -0.39 is 10.0 Å². The number of hydrogen-bond donors (Lipinski definition) is 2. The summed E-state index contributed by atoms with van der Waals surface area (Å²) in [5, 5.41) is 3.49. The lowest BCUT2D eigenvalue weighted by molar-refractivity contribution is 0.398. The zero-order valence-corrected chi connectivity index (χ0v) is 9.86. The predicted molar refractivity (Wildman–Crippen MR) is 62.9 cm³/mol. The van der Waals surface area contributed by atoms with E-state index in [0.29, 0.717) is 17.1 Å². The molecule has 1 aromatic carbocycles. The average Bonchev–Trinajstić information content (AvgIpc) is 2.64. The maximum Gasteiger partial charge on any atom is 0.262 e. The van der Waals surface area contributed by atoms with Crippen LogP contribution in [-0.4, -0.2) is 13.6 Å². The van der Waals surface area contributed by atoms with Crippen LogP contribution in [0.25, 0.3) is 0 Å². The number of nitrogens with one attached hydrogen (secondary N) is 1. The maximum absolute atomic E-state index is 11.9. The van der Waals surface area contributed by atoms with Crippen molar-refractivity contribution in [3.8, 4) is 0 Å². The Hall–Kier alpha value is -2.02. The van der Waals surface area contributed by atoms with Crippen molar-refractivity contribution in [1.29, 1.82) is 0 Å². The Balaban J connectivity index is 2.31. The minimum atomic E-state index is -3.63. The van der Waals surface area contributed by atoms with Gasteiger partial charge in [-0.25, -0.2) is 8.42 Å². The summed E-state index contributed by atoms with van der Waals surface area (Å²) in [4.78, 5) is 0.132. The minimum absolute atomic E-state index is 0.132. The molecule has 0 unspecified atom stereocenters. The summed E-state index contributed by atoms with van der Waals surface area (Å²) in [6.07, 6.45) is 1.31. The molecule has 0 saturated carbocycles. The number of anilines is 2. The van der Waals surface area contributed by atoms with Gasteiger partial charge in [-0.2, -0.15) is 0 Å². The number of aryl methyl sites for hydroxylation is 1. The van der Waals surface area contributed by atoms with Crippen LogP contribution in [0.3, 0.4) is 0 Å². The quantitative estimate of drug-likeness (QED) is 0.805. The van der Waals surface area contributed by atoms with Gasteiger partial charge in [0.25, 0.3) is 10.0 Å². The second kappa shape index (κ2) is 4.10. The summed E-state index contributed by atoms with van der Waals surface area (Å²) in [6.45, 7) is 1.62. The highest BCUT2D eigenvalue weighted by atomic mass is 32.2. The normalized spacial score (nSPS) is 11.4. The summed E-state index contributed by atoms with van der Waals surface area (Å²) in [6, 6.07) is 5.91. The van der Waals surface area contributed by atoms with Crippen molar-refractivity contribution in [3.05, 3.63) is 36.2 Å². The van der Waals surface area contributed by atoms with E-state index in [1.807, 2.05) is 0 Å². The van der Waals surface area contributed by atoms with Crippen molar-refractivity contribution >= 4 is 21.4 Å². The average molecular weight is 253 g/mol. The summed E-state index contributed by atoms with van der Waals surface area (Å²) < 4.78 is 31.0. The van der Waals surface area contributed by atoms with E-state index in [1.165, 1.54) is 30.5 Å². The number of sulfonamides is 1. The van der Waals surface area contributed by atoms with Gasteiger partial charge in [0.2, 0.25) is 0 Å². The van der Waals surface area contributed by atoms with Gasteiger partial charge in [-0.05, 0) is 31.2 Å². The zero-order chi connectivity index (χ0) is 12.5. The molecule has 0 aliphatic rings. The monoisotopic (exact) mass is 253 g/mol. The Bertz CT molecular complexity index is 617. The van der Waals surface area contributed by atoms with Crippen LogP contribution in [0.4, 0.5) is 11.4 Å². The number of nitrogen functional groups attached to an aromatic ring is 1. The molecule has 0 aliphatic heterocycles. The molecule has 0 spiro atoms. The molecule has 2 rings (SSSR count). The maximum atomic E-state index is 11.9. The second-order valence-electron chi connectivity index (χ2n) is 3.47. The van der Waals surface area contributed by atoms with Crippen molar-refractivity contribution in [2.75, 3.05) is 10.5 Å². The molecule has 0 bridgehead atoms. The van der Waals surface area contributed by atoms with Crippen LogP contribution in [0.1, 0.15) is 5.76 Å². The van der Waals surface area contributed by atoms with Crippen LogP contribution < -0.4 is 10.5 Å². The molecule has 7 heteroatoms. The number of rotatable bonds is 3. The van der Waals surface area contributed by atoms with Crippen LogP contribution in [0.5, 0.6) is 0 Å². The summed E-state index contributed by atoms with van der Waals surface area (Å²) in [5.74, 6) is 0.407. The van der Waals surface area contributed by atoms with Gasteiger partial charge in [0, 0.05) is 5.69 Å². The van der Waals surface area contributed by atoms with Crippen molar-refractivity contribution in [2.24, 2.45) is 0 Å². The fourth-order valence-electron chi connectivity index (χ4n) is 1.25. The molecule has 0 radical (unpaired) electrons. The van der Waals surface area contributed by atoms with Crippen LogP contribution in [-0.2, 0) is 10.0 Å². The molecule has 0 saturated heterocycles. The van der Waals surface area contributed by atoms with Gasteiger partial charge in [0.05, 0.1) is 11.1 Å². The van der Waals surface area contributed by atoms with Gasteiger partial charge in [0.15, 0.2) is 5.76 Å². The van der Waals surface area contributed by atoms with E-state index in [-0.39, 0.29) is 4.90 Å². The lowest BCUT2D eigenvalue weighted by Crippen LogP contribution is -2.13. The fourth-order valence-corrected chi connectivity index (χ4v) is 2.35. The number of aromatic nitrogens is 1. The number of hydrogen-bond acceptors (Lipinski definition) is 5. The van der Waals surface area contributed by atoms with Gasteiger partial charge in [0.1, 0.15) is 5.69 Å². The van der Waals surface area contributed by atoms with E-state index >= 15 is 0 Å². The highest BCUT2D eigenvalue weighted by Gasteiger charge is 2.16. The fraction of sp³-hybridized carbons (Fsp3) is 0.100. The molecule has 3 N–H and O–H groups in total. The molecule has 17 heavy (non-hydrogen) atoms. The molecule has 0 atom stereocenters. The number of nitrogens with zero attached hydrogens (tertiary/aromatic N) is 1. The minimum Gasteiger partial charge on any atom is -0.399 e. The van der Waals surface area contributed by atoms with Gasteiger partial charge >= 0.3 is 0 Å². The number of nitrogens with two attached hydrogens (primary N) is 1. The summed E-state index contributed by atoms with van der Waals surface area (Å²) in [7, 11) is -3.63. The van der Waals surface area contributed by atoms with Crippen LogP contribution in [0.2, 0.25) is 0 Å². The topological polar surface area (TPSA) is 98.2 Å². The lowest BCUT2D eigenvalue weighted by atomic mass is 10.3. The molecule has 1 heterocycles. The highest BCUT2D eigenvalue weighted by molar-refractivity contribution is 7.92. The Morgan fingerprint density at radius 2 is 1.94 bits per heavy atom. The Morgan fingerprint density at radius 1 is 1.29 bits per heavy atom. The van der Waals surface area contributed by atoms with E-state index in [9.17, 15) is 8.42 Å². The predicted octanol–water partition coefficient (Wildman–Crippen LogP) is 1.37. The van der Waals surface area contributed by atoms with E-state index in [1.54, 1.807) is 6.92 Å². The third kappa shape index (κ3) is 2.39. The summed E-state index contributed by atoms with van der Waals surface area (Å²) >= 11 is 0. The number of benzene rings is 1. The molecule has 1 aromatic heterocycles. The van der Waals surface area contributed by atoms with Crippen molar-refractivity contribution in [1.82, 2.24) is 5.16 Å². The Morgan fingerprint density at radius 3 is 2.47 bits per heavy atom. The van der Waals surface area contributed by atoms with Crippen LogP contribution in [0, 0.1) is 6.92 Å². The largest absolute Gasteiger partial charge is 0.399 e. The molecule has 0 aliphatic carbocycles. The van der Waals surface area contributed by atoms with Gasteiger partial charge in [-0.3, -0.25) is 4.72 Å². The van der Waals surface area contributed by atoms with Crippen LogP contribution >= 0.6 is 0 Å². The molecular formula is C10H11N3O3S. The van der Waals surface area contributed by atoms with Crippen LogP contribution in [0.15, 0.2) is 39.9 Å². The molecule has 6 nitrogen and oxygen atoms in total. The first kappa shape index (κ1) is 11.5. The lowest BCUT2D eigenvalue weighted by Gasteiger charge is -2.06. The SMILES string of the molecule is Cc1oncc1NS(=O)(=O)c1ccc(N)cc1. The van der Waals surface area contributed by atoms with E-state index in [4.69, 9.17) is 10.3 Å². The molecule has 0 fully saturated rings. The second-order valence-corrected chi connectivity index (χ2v) is 5.15. The standard InChI is InChI=1S/C10H11N3O3S/c1-7-10(6-12-16-7)13-17(14,15)9-4-2-8(11)3-5-9/h2-6,13H,11H2,1H3. The van der Waals surface area contributed by atoms with E-state index in [0.717, 1.165) is 0 Å². The van der Waals surface area contributed by atoms with E-state index in [2.05, 4.69) is 9.88 Å². The third-order valence-corrected chi connectivity index (χ3v) is 3.57.